The van der Waals surface area contributed by atoms with Gasteiger partial charge in [0.1, 0.15) is 5.78 Å². The van der Waals surface area contributed by atoms with Gasteiger partial charge in [-0.25, -0.2) is 0 Å². The van der Waals surface area contributed by atoms with Crippen LogP contribution in [0.25, 0.3) is 0 Å². The first kappa shape index (κ1) is 12.3. The minimum Gasteiger partial charge on any atom is -0.381 e. The smallest absolute Gasteiger partial charge is 0.144 e. The molecule has 4 heteroatoms. The van der Waals surface area contributed by atoms with E-state index in [1.807, 2.05) is 16.9 Å². The Labute approximate surface area is 102 Å². The maximum absolute atomic E-state index is 12.0. The topological polar surface area (TPSA) is 44.1 Å². The number of nitrogens with zero attached hydrogens (tertiary/aromatic N) is 2. The van der Waals surface area contributed by atoms with E-state index in [0.29, 0.717) is 19.1 Å². The summed E-state index contributed by atoms with van der Waals surface area (Å²) in [5.41, 5.74) is 0.870. The van der Waals surface area contributed by atoms with Gasteiger partial charge in [-0.2, -0.15) is 5.10 Å². The van der Waals surface area contributed by atoms with Gasteiger partial charge in [0.25, 0.3) is 0 Å². The van der Waals surface area contributed by atoms with Gasteiger partial charge in [0.05, 0.1) is 18.7 Å². The molecule has 1 aliphatic heterocycles. The summed E-state index contributed by atoms with van der Waals surface area (Å²) in [5.74, 6) is 0.339. The Morgan fingerprint density at radius 2 is 2.47 bits per heavy atom. The number of hydrogen-bond acceptors (Lipinski definition) is 3. The zero-order chi connectivity index (χ0) is 12.3. The van der Waals surface area contributed by atoms with E-state index in [-0.39, 0.29) is 11.7 Å². The van der Waals surface area contributed by atoms with Gasteiger partial charge in [-0.3, -0.25) is 9.48 Å². The molecule has 1 atom stereocenters. The molecule has 1 fully saturated rings. The lowest BCUT2D eigenvalue weighted by molar-refractivity contribution is -0.126. The quantitative estimate of drug-likeness (QED) is 0.803. The van der Waals surface area contributed by atoms with Crippen molar-refractivity contribution in [3.63, 3.8) is 0 Å². The molecule has 0 aliphatic carbocycles. The fourth-order valence-electron chi connectivity index (χ4n) is 2.08. The van der Waals surface area contributed by atoms with Crippen LogP contribution in [0, 0.1) is 5.92 Å². The highest BCUT2D eigenvalue weighted by Crippen LogP contribution is 2.16. The first-order valence-corrected chi connectivity index (χ1v) is 6.31. The Hall–Kier alpha value is -1.16. The van der Waals surface area contributed by atoms with Crippen LogP contribution < -0.4 is 0 Å². The second-order valence-corrected chi connectivity index (χ2v) is 4.94. The molecule has 0 radical (unpaired) electrons. The highest BCUT2D eigenvalue weighted by atomic mass is 16.5. The summed E-state index contributed by atoms with van der Waals surface area (Å²) in [6, 6.07) is 2.28. The van der Waals surface area contributed by atoms with Gasteiger partial charge >= 0.3 is 0 Å². The zero-order valence-electron chi connectivity index (χ0n) is 10.6. The summed E-state index contributed by atoms with van der Waals surface area (Å²) in [7, 11) is 0. The molecule has 0 saturated carbocycles. The van der Waals surface area contributed by atoms with Crippen molar-refractivity contribution in [2.45, 2.75) is 39.2 Å². The van der Waals surface area contributed by atoms with Crippen LogP contribution in [0.1, 0.15) is 38.4 Å². The fourth-order valence-corrected chi connectivity index (χ4v) is 2.08. The molecule has 0 amide bonds. The number of carbonyl (C=O) groups is 1. The van der Waals surface area contributed by atoms with E-state index in [0.717, 1.165) is 25.1 Å². The van der Waals surface area contributed by atoms with Crippen molar-refractivity contribution in [3.8, 4) is 0 Å². The number of ketones is 1. The van der Waals surface area contributed by atoms with Crippen molar-refractivity contribution in [2.75, 3.05) is 13.2 Å². The normalized spacial score (nSPS) is 20.8. The molecule has 2 heterocycles. The van der Waals surface area contributed by atoms with Gasteiger partial charge in [0.2, 0.25) is 0 Å². The summed E-state index contributed by atoms with van der Waals surface area (Å²) in [5, 5.41) is 4.40. The van der Waals surface area contributed by atoms with Crippen LogP contribution in [-0.4, -0.2) is 28.8 Å². The molecule has 1 aromatic rings. The maximum Gasteiger partial charge on any atom is 0.144 e. The van der Waals surface area contributed by atoms with Crippen molar-refractivity contribution in [1.29, 1.82) is 0 Å². The van der Waals surface area contributed by atoms with Crippen LogP contribution >= 0.6 is 0 Å². The minimum atomic E-state index is 0.0768. The fraction of sp³-hybridized carbons (Fsp3) is 0.692. The average molecular weight is 236 g/mol. The van der Waals surface area contributed by atoms with Crippen molar-refractivity contribution in [1.82, 2.24) is 9.78 Å². The van der Waals surface area contributed by atoms with Crippen molar-refractivity contribution >= 4 is 5.78 Å². The van der Waals surface area contributed by atoms with E-state index in [2.05, 4.69) is 18.9 Å². The molecule has 1 saturated heterocycles. The van der Waals surface area contributed by atoms with E-state index >= 15 is 0 Å². The summed E-state index contributed by atoms with van der Waals surface area (Å²) in [6.07, 6.45) is 4.33. The molecule has 1 unspecified atom stereocenters. The zero-order valence-corrected chi connectivity index (χ0v) is 10.6. The first-order valence-electron chi connectivity index (χ1n) is 6.31. The molecule has 0 spiro atoms. The summed E-state index contributed by atoms with van der Waals surface area (Å²) >= 11 is 0. The third-order valence-corrected chi connectivity index (χ3v) is 3.16. The number of hydrogen-bond donors (Lipinski definition) is 0. The minimum absolute atomic E-state index is 0.0768. The van der Waals surface area contributed by atoms with E-state index in [9.17, 15) is 4.79 Å². The summed E-state index contributed by atoms with van der Waals surface area (Å²) in [6.45, 7) is 5.54. The second-order valence-electron chi connectivity index (χ2n) is 4.94. The molecule has 0 bridgehead atoms. The first-order chi connectivity index (χ1) is 8.16. The molecular formula is C13H20N2O2. The predicted octanol–water partition coefficient (Wildman–Crippen LogP) is 2.00. The summed E-state index contributed by atoms with van der Waals surface area (Å²) in [4.78, 5) is 12.0. The van der Waals surface area contributed by atoms with Gasteiger partial charge in [0, 0.05) is 24.8 Å². The van der Waals surface area contributed by atoms with E-state index in [1.165, 1.54) is 0 Å². The molecule has 1 aliphatic rings. The highest BCUT2D eigenvalue weighted by molar-refractivity contribution is 5.83. The Kier molecular flexibility index (Phi) is 3.94. The van der Waals surface area contributed by atoms with Crippen LogP contribution in [0.4, 0.5) is 0 Å². The third-order valence-electron chi connectivity index (χ3n) is 3.16. The van der Waals surface area contributed by atoms with Crippen LogP contribution in [-0.2, 0) is 16.0 Å². The molecule has 2 rings (SSSR count). The van der Waals surface area contributed by atoms with Crippen LogP contribution in [0.2, 0.25) is 0 Å². The van der Waals surface area contributed by atoms with Crippen molar-refractivity contribution in [3.05, 3.63) is 18.0 Å². The molecule has 94 valence electrons. The highest BCUT2D eigenvalue weighted by Gasteiger charge is 2.22. The molecule has 0 aromatic carbocycles. The van der Waals surface area contributed by atoms with Gasteiger partial charge in [-0.15, -0.1) is 0 Å². The maximum atomic E-state index is 12.0. The Balaban J connectivity index is 1.92. The summed E-state index contributed by atoms with van der Waals surface area (Å²) < 4.78 is 7.23. The van der Waals surface area contributed by atoms with Gasteiger partial charge < -0.3 is 4.74 Å². The lowest BCUT2D eigenvalue weighted by atomic mass is 9.95. The average Bonchev–Trinajstić information content (AvgIpc) is 2.79. The molecule has 1 aromatic heterocycles. The van der Waals surface area contributed by atoms with Crippen molar-refractivity contribution in [2.24, 2.45) is 5.92 Å². The largest absolute Gasteiger partial charge is 0.381 e. The van der Waals surface area contributed by atoms with E-state index in [4.69, 9.17) is 4.74 Å². The molecule has 4 nitrogen and oxygen atoms in total. The number of Topliss-reactive ketones (excluding diaryl/α,β-unsaturated/α-hetero) is 1. The third kappa shape index (κ3) is 3.16. The van der Waals surface area contributed by atoms with Gasteiger partial charge in [0.15, 0.2) is 0 Å². The lowest BCUT2D eigenvalue weighted by Gasteiger charge is -2.20. The van der Waals surface area contributed by atoms with Crippen LogP contribution in [0.3, 0.4) is 0 Å². The van der Waals surface area contributed by atoms with Crippen LogP contribution in [0.15, 0.2) is 12.3 Å². The van der Waals surface area contributed by atoms with Gasteiger partial charge in [-0.1, -0.05) is 0 Å². The Morgan fingerprint density at radius 1 is 1.65 bits per heavy atom. The van der Waals surface area contributed by atoms with Crippen LogP contribution in [0.5, 0.6) is 0 Å². The Bertz CT molecular complexity index is 379. The molecule has 0 N–H and O–H groups in total. The second kappa shape index (κ2) is 5.45. The molecule has 17 heavy (non-hydrogen) atoms. The standard InChI is InChI=1S/C13H20N2O2/c1-10(2)15-6-5-12(14-15)8-13(16)11-4-3-7-17-9-11/h5-6,10-11H,3-4,7-9H2,1-2H3. The Morgan fingerprint density at radius 3 is 3.06 bits per heavy atom. The van der Waals surface area contributed by atoms with Gasteiger partial charge in [-0.05, 0) is 32.8 Å². The van der Waals surface area contributed by atoms with E-state index < -0.39 is 0 Å². The van der Waals surface area contributed by atoms with Crippen molar-refractivity contribution < 1.29 is 9.53 Å². The number of carbonyl (C=O) groups excluding carboxylic acids is 1. The SMILES string of the molecule is CC(C)n1ccc(CC(=O)C2CCCOC2)n1. The van der Waals surface area contributed by atoms with E-state index in [1.54, 1.807) is 0 Å². The lowest BCUT2D eigenvalue weighted by Crippen LogP contribution is -2.26. The monoisotopic (exact) mass is 236 g/mol. The predicted molar refractivity (Wildman–Crippen MR) is 64.9 cm³/mol. The number of aromatic nitrogens is 2. The number of ether oxygens (including phenoxy) is 1. The number of rotatable bonds is 4. The molecular weight excluding hydrogens is 216 g/mol.